The zero-order valence-corrected chi connectivity index (χ0v) is 61.3. The summed E-state index contributed by atoms with van der Waals surface area (Å²) >= 11 is 6.22. The van der Waals surface area contributed by atoms with Crippen LogP contribution in [0.3, 0.4) is 0 Å². The van der Waals surface area contributed by atoms with Gasteiger partial charge in [-0.15, -0.1) is 30.6 Å². The molecule has 5 heterocycles. The number of aryl methyl sites for hydroxylation is 4. The van der Waals surface area contributed by atoms with E-state index in [0.29, 0.717) is 78.0 Å². The van der Waals surface area contributed by atoms with E-state index in [9.17, 15) is 9.18 Å². The number of aromatic nitrogens is 9. The van der Waals surface area contributed by atoms with Crippen molar-refractivity contribution < 1.29 is 31.9 Å². The number of carbonyl (C=O) groups excluding carboxylic acids is 1. The molecule has 21 heteroatoms. The van der Waals surface area contributed by atoms with E-state index >= 15 is 0 Å². The SMILES string of the molecule is CCCOc1ccc2ccccc2c1CN(C)Cc1nnc(-c2ccccc2)o1.CCc1n[nH]c(CCc2cc(C(=O)OC)cc(F)c2C)n1.CN(Cc1nnc(-c2ccccc2Cl)o1)Cc1ccccc1N1CCCC1.Cc1ccc(-c2nnc(CN(C)CC34CC5CC(CC(C5)C3)C4)o2)cc1. The molecule has 11 aromatic rings. The van der Waals surface area contributed by atoms with Crippen molar-refractivity contribution in [3.63, 3.8) is 0 Å². The zero-order valence-electron chi connectivity index (χ0n) is 60.6. The summed E-state index contributed by atoms with van der Waals surface area (Å²) in [6, 6.07) is 49.7. The number of benzene rings is 7. The minimum absolute atomic E-state index is 0.224. The number of hydrogen-bond acceptors (Lipinski definition) is 18. The van der Waals surface area contributed by atoms with Crippen LogP contribution in [0.15, 0.2) is 165 Å². The van der Waals surface area contributed by atoms with Gasteiger partial charge in [-0.05, 0) is 210 Å². The largest absolute Gasteiger partial charge is 0.493 e. The lowest BCUT2D eigenvalue weighted by Gasteiger charge is -2.57. The predicted octanol–water partition coefficient (Wildman–Crippen LogP) is 17.0. The molecular weight excluding hydrogens is 1320 g/mol. The highest BCUT2D eigenvalue weighted by Crippen LogP contribution is 2.60. The van der Waals surface area contributed by atoms with E-state index in [0.717, 1.165) is 109 Å². The number of nitrogens with one attached hydrogen (secondary N) is 1. The van der Waals surface area contributed by atoms with Crippen molar-refractivity contribution in [1.82, 2.24) is 60.5 Å². The van der Waals surface area contributed by atoms with Crippen molar-refractivity contribution in [2.45, 2.75) is 137 Å². The molecule has 0 unspecified atom stereocenters. The molecule has 1 saturated heterocycles. The minimum atomic E-state index is -0.539. The maximum absolute atomic E-state index is 13.9. The lowest BCUT2D eigenvalue weighted by Crippen LogP contribution is -2.50. The number of H-pyrrole nitrogens is 1. The average molecular weight is 1410 g/mol. The molecule has 4 bridgehead atoms. The van der Waals surface area contributed by atoms with Gasteiger partial charge in [-0.2, -0.15) is 5.10 Å². The first-order chi connectivity index (χ1) is 50.1. The van der Waals surface area contributed by atoms with Gasteiger partial charge in [-0.25, -0.2) is 14.2 Å². The Bertz CT molecular complexity index is 4520. The molecule has 16 rings (SSSR count). The van der Waals surface area contributed by atoms with Crippen molar-refractivity contribution in [3.05, 3.63) is 225 Å². The number of anilines is 1. The van der Waals surface area contributed by atoms with Crippen LogP contribution < -0.4 is 9.64 Å². The molecule has 1 N–H and O–H groups in total. The summed E-state index contributed by atoms with van der Waals surface area (Å²) in [6.07, 6.45) is 14.3. The van der Waals surface area contributed by atoms with Crippen molar-refractivity contribution in [2.24, 2.45) is 23.2 Å². The van der Waals surface area contributed by atoms with Crippen LogP contribution in [0.4, 0.5) is 10.1 Å². The second-order valence-electron chi connectivity index (χ2n) is 28.4. The number of fused-ring (bicyclic) bond motifs is 1. The van der Waals surface area contributed by atoms with E-state index in [1.165, 1.54) is 104 Å². The number of nitrogens with zero attached hydrogens (tertiary/aromatic N) is 12. The van der Waals surface area contributed by atoms with Crippen molar-refractivity contribution in [2.75, 3.05) is 59.4 Å². The van der Waals surface area contributed by atoms with E-state index in [1.54, 1.807) is 13.0 Å². The van der Waals surface area contributed by atoms with Crippen molar-refractivity contribution in [1.29, 1.82) is 0 Å². The molecule has 4 aliphatic carbocycles. The maximum Gasteiger partial charge on any atom is 0.337 e. The Kier molecular flexibility index (Phi) is 24.7. The fraction of sp³-hybridized carbons (Fsp3) is 0.402. The molecule has 1 aliphatic heterocycles. The van der Waals surface area contributed by atoms with Gasteiger partial charge in [-0.1, -0.05) is 122 Å². The standard InChI is InChI=1S/C24H25N3O2.C22H29N3O.C21H23ClN4O.C15H18FN3O2/c1-3-15-28-22-14-13-18-9-7-8-12-20(18)21(22)16-27(2)17-23-25-26-24(29-23)19-10-5-4-6-11-19;1-15-3-5-19(6-4-15)21-24-23-20(26-21)13-25(2)14-22-10-16-7-17(11-22)9-18(8-16)12-22;1-25(14-16-8-2-5-11-19(16)26-12-6-7-13-26)15-20-23-24-21(27-20)17-9-3-4-10-18(17)22;1-4-13-17-14(19-18-13)6-5-10-7-11(15(20)21-3)8-12(16)9(10)2/h4-14H,3,15-17H2,1-2H3;3-6,16-18H,7-14H2,1-2H3;2-5,8-11H,6-7,12-15H2,1H3;7-8H,4-6H2,1-3H3,(H,17,18,19). The topological polar surface area (TPSA) is 207 Å². The van der Waals surface area contributed by atoms with E-state index in [1.807, 2.05) is 73.7 Å². The molecule has 5 aliphatic rings. The fourth-order valence-electron chi connectivity index (χ4n) is 15.5. The first kappa shape index (κ1) is 73.3. The average Bonchev–Trinajstić information content (AvgIpc) is 1.73. The fourth-order valence-corrected chi connectivity index (χ4v) is 15.7. The second-order valence-corrected chi connectivity index (χ2v) is 28.8. The van der Waals surface area contributed by atoms with Crippen LogP contribution in [0, 0.1) is 42.8 Å². The smallest absolute Gasteiger partial charge is 0.337 e. The third-order valence-electron chi connectivity index (χ3n) is 20.0. The number of hydrogen-bond donors (Lipinski definition) is 1. The van der Waals surface area contributed by atoms with Gasteiger partial charge in [0.05, 0.1) is 49.5 Å². The third-order valence-corrected chi connectivity index (χ3v) is 20.3. The number of ether oxygens (including phenoxy) is 2. The Hall–Kier alpha value is -9.47. The van der Waals surface area contributed by atoms with Crippen molar-refractivity contribution >= 4 is 34.0 Å². The molecule has 0 spiro atoms. The highest BCUT2D eigenvalue weighted by atomic mass is 35.5. The van der Waals surface area contributed by atoms with Gasteiger partial charge < -0.3 is 27.6 Å². The molecule has 19 nitrogen and oxygen atoms in total. The summed E-state index contributed by atoms with van der Waals surface area (Å²) in [5, 5.41) is 35.2. The number of halogens is 2. The van der Waals surface area contributed by atoms with Crippen LogP contribution in [0.1, 0.15) is 139 Å². The van der Waals surface area contributed by atoms with Gasteiger partial charge >= 0.3 is 5.97 Å². The van der Waals surface area contributed by atoms with E-state index in [-0.39, 0.29) is 5.56 Å². The molecule has 4 saturated carbocycles. The first-order valence-electron chi connectivity index (χ1n) is 36.2. The summed E-state index contributed by atoms with van der Waals surface area (Å²) in [5.41, 5.74) is 9.87. The Balaban J connectivity index is 0.000000130. The van der Waals surface area contributed by atoms with Crippen LogP contribution >= 0.6 is 11.6 Å². The van der Waals surface area contributed by atoms with Gasteiger partial charge in [0.1, 0.15) is 23.2 Å². The monoisotopic (exact) mass is 1410 g/mol. The zero-order chi connectivity index (χ0) is 71.8. The van der Waals surface area contributed by atoms with Crippen molar-refractivity contribution in [3.8, 4) is 40.1 Å². The molecule has 7 aromatic carbocycles. The third kappa shape index (κ3) is 19.2. The lowest BCUT2D eigenvalue weighted by molar-refractivity contribution is -0.0676. The quantitative estimate of drug-likeness (QED) is 0.0558. The number of para-hydroxylation sites is 1. The van der Waals surface area contributed by atoms with Crippen LogP contribution in [0.25, 0.3) is 45.1 Å². The molecule has 538 valence electrons. The number of methoxy groups -OCH3 is 1. The van der Waals surface area contributed by atoms with Crippen LogP contribution in [0.2, 0.25) is 5.02 Å². The number of aromatic amines is 1. The summed E-state index contributed by atoms with van der Waals surface area (Å²) in [4.78, 5) is 25.1. The van der Waals surface area contributed by atoms with Crippen LogP contribution in [-0.4, -0.2) is 121 Å². The molecular formula is C82H95ClFN13O6. The first-order valence-corrected chi connectivity index (χ1v) is 36.6. The molecule has 103 heavy (non-hydrogen) atoms. The molecule has 4 aromatic heterocycles. The molecule has 0 atom stereocenters. The number of esters is 1. The summed E-state index contributed by atoms with van der Waals surface area (Å²) < 4.78 is 42.2. The van der Waals surface area contributed by atoms with E-state index in [2.05, 4.69) is 178 Å². The van der Waals surface area contributed by atoms with Gasteiger partial charge in [0.15, 0.2) is 0 Å². The van der Waals surface area contributed by atoms with Crippen LogP contribution in [0.5, 0.6) is 5.75 Å². The van der Waals surface area contributed by atoms with E-state index in [4.69, 9.17) is 29.6 Å². The van der Waals surface area contributed by atoms with Gasteiger partial charge in [0, 0.05) is 67.9 Å². The Morgan fingerprint density at radius 2 is 1.23 bits per heavy atom. The minimum Gasteiger partial charge on any atom is -0.493 e. The second kappa shape index (κ2) is 34.7. The normalized spacial score (nSPS) is 17.3. The Morgan fingerprint density at radius 1 is 0.641 bits per heavy atom. The Morgan fingerprint density at radius 3 is 1.88 bits per heavy atom. The van der Waals surface area contributed by atoms with Gasteiger partial charge in [0.2, 0.25) is 35.3 Å². The predicted molar refractivity (Wildman–Crippen MR) is 399 cm³/mol. The highest BCUT2D eigenvalue weighted by molar-refractivity contribution is 6.33. The maximum atomic E-state index is 13.9. The molecule has 5 fully saturated rings. The number of rotatable bonds is 24. The van der Waals surface area contributed by atoms with Gasteiger partial charge in [-0.3, -0.25) is 19.8 Å². The Labute approximate surface area is 608 Å². The molecule has 0 radical (unpaired) electrons. The highest BCUT2D eigenvalue weighted by Gasteiger charge is 2.51. The summed E-state index contributed by atoms with van der Waals surface area (Å²) in [7, 11) is 7.62. The van der Waals surface area contributed by atoms with E-state index < -0.39 is 11.8 Å². The van der Waals surface area contributed by atoms with Gasteiger partial charge in [0.25, 0.3) is 0 Å². The number of carbonyl (C=O) groups is 1. The van der Waals surface area contributed by atoms with Crippen LogP contribution in [-0.2, 0) is 56.7 Å². The summed E-state index contributed by atoms with van der Waals surface area (Å²) in [5.74, 6) is 8.09. The molecule has 0 amide bonds. The summed E-state index contributed by atoms with van der Waals surface area (Å²) in [6.45, 7) is 15.5. The lowest BCUT2D eigenvalue weighted by atomic mass is 9.49.